The topological polar surface area (TPSA) is 64.4 Å². The number of benzene rings is 1. The fourth-order valence-electron chi connectivity index (χ4n) is 0.824. The molecule has 0 saturated carbocycles. The Kier molecular flexibility index (Phi) is 3.84. The van der Waals surface area contributed by atoms with Crippen LogP contribution in [0.2, 0.25) is 0 Å². The summed E-state index contributed by atoms with van der Waals surface area (Å²) in [6, 6.07) is 3.38. The van der Waals surface area contributed by atoms with E-state index in [4.69, 9.17) is 10.6 Å². The van der Waals surface area contributed by atoms with Gasteiger partial charge in [0.1, 0.15) is 12.4 Å². The molecule has 0 aliphatic carbocycles. The predicted molar refractivity (Wildman–Crippen MR) is 51.6 cm³/mol. The van der Waals surface area contributed by atoms with E-state index in [9.17, 15) is 9.18 Å². The first-order valence-corrected chi connectivity index (χ1v) is 4.50. The zero-order valence-electron chi connectivity index (χ0n) is 7.09. The second kappa shape index (κ2) is 4.92. The van der Waals surface area contributed by atoms with Crippen molar-refractivity contribution in [3.63, 3.8) is 0 Å². The summed E-state index contributed by atoms with van der Waals surface area (Å²) in [6.07, 6.45) is 0. The molecule has 0 aliphatic heterocycles. The number of primary amides is 1. The lowest BCUT2D eigenvalue weighted by molar-refractivity contribution is 0.0517. The van der Waals surface area contributed by atoms with Crippen molar-refractivity contribution in [3.8, 4) is 0 Å². The number of nitrogens with two attached hydrogens (primary N) is 1. The molecule has 0 spiro atoms. The van der Waals surface area contributed by atoms with Crippen LogP contribution < -0.4 is 11.2 Å². The molecule has 6 heteroatoms. The highest BCUT2D eigenvalue weighted by Gasteiger charge is 2.02. The van der Waals surface area contributed by atoms with Crippen LogP contribution in [0.4, 0.5) is 9.18 Å². The smallest absolute Gasteiger partial charge is 0.336 e. The van der Waals surface area contributed by atoms with Gasteiger partial charge in [0, 0.05) is 4.47 Å². The van der Waals surface area contributed by atoms with Gasteiger partial charge in [-0.05, 0) is 17.7 Å². The maximum atomic E-state index is 12.6. The summed E-state index contributed by atoms with van der Waals surface area (Å²) in [5.74, 6) is -0.344. The summed E-state index contributed by atoms with van der Waals surface area (Å²) in [7, 11) is 0. The molecule has 0 aliphatic rings. The number of halogens is 2. The van der Waals surface area contributed by atoms with Crippen LogP contribution in [-0.2, 0) is 11.4 Å². The Bertz CT molecular complexity index is 346. The van der Waals surface area contributed by atoms with Crippen LogP contribution in [0, 0.1) is 5.82 Å². The minimum atomic E-state index is -0.775. The van der Waals surface area contributed by atoms with E-state index >= 15 is 0 Å². The Morgan fingerprint density at radius 1 is 1.64 bits per heavy atom. The summed E-state index contributed by atoms with van der Waals surface area (Å²) in [4.78, 5) is 15.0. The molecule has 0 heterocycles. The molecule has 1 rings (SSSR count). The van der Waals surface area contributed by atoms with Gasteiger partial charge in [0.2, 0.25) is 0 Å². The number of rotatable bonds is 3. The third kappa shape index (κ3) is 3.31. The number of hydrogen-bond donors (Lipinski definition) is 2. The average molecular weight is 263 g/mol. The quantitative estimate of drug-likeness (QED) is 0.815. The first kappa shape index (κ1) is 10.9. The Hall–Kier alpha value is -1.14. The third-order valence-electron chi connectivity index (χ3n) is 1.42. The Morgan fingerprint density at radius 3 is 2.93 bits per heavy atom. The number of hydroxylamine groups is 1. The fourth-order valence-corrected chi connectivity index (χ4v) is 1.29. The first-order valence-electron chi connectivity index (χ1n) is 3.71. The van der Waals surface area contributed by atoms with Gasteiger partial charge in [-0.15, -0.1) is 0 Å². The first-order chi connectivity index (χ1) is 6.59. The highest BCUT2D eigenvalue weighted by molar-refractivity contribution is 9.10. The average Bonchev–Trinajstić information content (AvgIpc) is 2.08. The molecule has 2 amide bonds. The van der Waals surface area contributed by atoms with E-state index in [2.05, 4.69) is 15.9 Å². The number of hydrogen-bond acceptors (Lipinski definition) is 2. The minimum absolute atomic E-state index is 0.115. The molecule has 0 aromatic heterocycles. The summed E-state index contributed by atoms with van der Waals surface area (Å²) < 4.78 is 13.2. The van der Waals surface area contributed by atoms with Crippen molar-refractivity contribution < 1.29 is 14.0 Å². The standard InChI is InChI=1S/C8H8BrFN2O2/c9-7-3-6(10)2-1-5(7)4-14-12-8(11)13/h1-3H,4H2,(H3,11,12,13). The molecule has 0 unspecified atom stereocenters. The van der Waals surface area contributed by atoms with Gasteiger partial charge in [-0.1, -0.05) is 22.0 Å². The van der Waals surface area contributed by atoms with Crippen LogP contribution in [-0.4, -0.2) is 6.03 Å². The van der Waals surface area contributed by atoms with Crippen LogP contribution in [0.25, 0.3) is 0 Å². The monoisotopic (exact) mass is 262 g/mol. The van der Waals surface area contributed by atoms with Crippen LogP contribution >= 0.6 is 15.9 Å². The van der Waals surface area contributed by atoms with Crippen molar-refractivity contribution in [2.75, 3.05) is 0 Å². The number of carbonyl (C=O) groups excluding carboxylic acids is 1. The SMILES string of the molecule is NC(=O)NOCc1ccc(F)cc1Br. The van der Waals surface area contributed by atoms with Gasteiger partial charge in [0.05, 0.1) is 0 Å². The molecule has 0 radical (unpaired) electrons. The molecule has 4 nitrogen and oxygen atoms in total. The van der Waals surface area contributed by atoms with E-state index in [0.717, 1.165) is 0 Å². The lowest BCUT2D eigenvalue weighted by Crippen LogP contribution is -2.29. The minimum Gasteiger partial charge on any atom is -0.350 e. The van der Waals surface area contributed by atoms with E-state index < -0.39 is 6.03 Å². The lowest BCUT2D eigenvalue weighted by Gasteiger charge is -2.05. The Labute approximate surface area is 88.3 Å². The molecule has 0 fully saturated rings. The van der Waals surface area contributed by atoms with Gasteiger partial charge in [-0.2, -0.15) is 0 Å². The zero-order chi connectivity index (χ0) is 10.6. The number of amides is 2. The van der Waals surface area contributed by atoms with Crippen molar-refractivity contribution in [1.82, 2.24) is 5.48 Å². The molecule has 1 aromatic carbocycles. The van der Waals surface area contributed by atoms with E-state index in [1.54, 1.807) is 6.07 Å². The molecule has 0 bridgehead atoms. The summed E-state index contributed by atoms with van der Waals surface area (Å²) in [5, 5.41) is 0. The summed E-state index contributed by atoms with van der Waals surface area (Å²) in [5.41, 5.74) is 7.44. The van der Waals surface area contributed by atoms with Crippen molar-refractivity contribution in [2.24, 2.45) is 5.73 Å². The number of carbonyl (C=O) groups is 1. The second-order valence-electron chi connectivity index (χ2n) is 2.49. The number of nitrogens with one attached hydrogen (secondary N) is 1. The largest absolute Gasteiger partial charge is 0.350 e. The summed E-state index contributed by atoms with van der Waals surface area (Å²) in [6.45, 7) is 0.115. The molecule has 1 aromatic rings. The molecular formula is C8H8BrFN2O2. The highest BCUT2D eigenvalue weighted by atomic mass is 79.9. The van der Waals surface area contributed by atoms with Gasteiger partial charge in [0.15, 0.2) is 0 Å². The van der Waals surface area contributed by atoms with Crippen LogP contribution in [0.15, 0.2) is 22.7 Å². The van der Waals surface area contributed by atoms with Crippen LogP contribution in [0.5, 0.6) is 0 Å². The zero-order valence-corrected chi connectivity index (χ0v) is 8.67. The highest BCUT2D eigenvalue weighted by Crippen LogP contribution is 2.18. The fraction of sp³-hybridized carbons (Fsp3) is 0.125. The number of urea groups is 1. The van der Waals surface area contributed by atoms with E-state index in [-0.39, 0.29) is 12.4 Å². The van der Waals surface area contributed by atoms with Gasteiger partial charge in [0.25, 0.3) is 0 Å². The van der Waals surface area contributed by atoms with E-state index in [1.807, 2.05) is 5.48 Å². The van der Waals surface area contributed by atoms with Crippen molar-refractivity contribution >= 4 is 22.0 Å². The lowest BCUT2D eigenvalue weighted by atomic mass is 10.2. The van der Waals surface area contributed by atoms with Gasteiger partial charge in [-0.3, -0.25) is 4.84 Å². The molecular weight excluding hydrogens is 255 g/mol. The maximum absolute atomic E-state index is 12.6. The second-order valence-corrected chi connectivity index (χ2v) is 3.35. The maximum Gasteiger partial charge on any atom is 0.336 e. The predicted octanol–water partition coefficient (Wildman–Crippen LogP) is 1.69. The Balaban J connectivity index is 2.55. The molecule has 3 N–H and O–H groups in total. The summed E-state index contributed by atoms with van der Waals surface area (Å²) >= 11 is 3.15. The van der Waals surface area contributed by atoms with E-state index in [1.165, 1.54) is 12.1 Å². The Morgan fingerprint density at radius 2 is 2.36 bits per heavy atom. The van der Waals surface area contributed by atoms with E-state index in [0.29, 0.717) is 10.0 Å². The van der Waals surface area contributed by atoms with Gasteiger partial charge in [-0.25, -0.2) is 14.7 Å². The van der Waals surface area contributed by atoms with Crippen molar-refractivity contribution in [1.29, 1.82) is 0 Å². The van der Waals surface area contributed by atoms with Crippen molar-refractivity contribution in [3.05, 3.63) is 34.1 Å². The normalized spacial score (nSPS) is 9.86. The molecule has 0 saturated heterocycles. The molecule has 0 atom stereocenters. The molecule has 76 valence electrons. The van der Waals surface area contributed by atoms with Crippen LogP contribution in [0.1, 0.15) is 5.56 Å². The van der Waals surface area contributed by atoms with Gasteiger partial charge >= 0.3 is 6.03 Å². The molecule has 14 heavy (non-hydrogen) atoms. The third-order valence-corrected chi connectivity index (χ3v) is 2.15. The van der Waals surface area contributed by atoms with Crippen molar-refractivity contribution in [2.45, 2.75) is 6.61 Å². The van der Waals surface area contributed by atoms with Gasteiger partial charge < -0.3 is 5.73 Å². The van der Waals surface area contributed by atoms with Crippen LogP contribution in [0.3, 0.4) is 0 Å².